The lowest BCUT2D eigenvalue weighted by Gasteiger charge is -2.09. The number of para-hydroxylation sites is 1. The summed E-state index contributed by atoms with van der Waals surface area (Å²) in [5.74, 6) is 0.745. The van der Waals surface area contributed by atoms with Crippen molar-refractivity contribution in [2.24, 2.45) is 0 Å². The molecule has 1 amide bonds. The van der Waals surface area contributed by atoms with E-state index in [4.69, 9.17) is 4.74 Å². The number of rotatable bonds is 5. The van der Waals surface area contributed by atoms with Crippen molar-refractivity contribution >= 4 is 5.91 Å². The predicted octanol–water partition coefficient (Wildman–Crippen LogP) is 2.86. The molecule has 0 bridgehead atoms. The molecule has 20 heavy (non-hydrogen) atoms. The van der Waals surface area contributed by atoms with Crippen LogP contribution in [0.2, 0.25) is 0 Å². The van der Waals surface area contributed by atoms with Gasteiger partial charge in [-0.1, -0.05) is 48.0 Å². The number of benzene rings is 2. The Morgan fingerprint density at radius 3 is 2.70 bits per heavy atom. The minimum Gasteiger partial charge on any atom is -0.496 e. The third-order valence-corrected chi connectivity index (χ3v) is 3.12. The van der Waals surface area contributed by atoms with E-state index >= 15 is 0 Å². The van der Waals surface area contributed by atoms with Gasteiger partial charge in [-0.3, -0.25) is 4.79 Å². The molecule has 0 saturated heterocycles. The Labute approximate surface area is 119 Å². The molecule has 2 rings (SSSR count). The van der Waals surface area contributed by atoms with Crippen LogP contribution in [0.15, 0.2) is 48.5 Å². The first kappa shape index (κ1) is 14.1. The highest BCUT2D eigenvalue weighted by atomic mass is 16.5. The molecule has 2 aromatic carbocycles. The van der Waals surface area contributed by atoms with E-state index in [1.54, 1.807) is 7.11 Å². The quantitative estimate of drug-likeness (QED) is 0.906. The normalized spacial score (nSPS) is 10.1. The molecule has 0 unspecified atom stereocenters. The molecule has 104 valence electrons. The van der Waals surface area contributed by atoms with Gasteiger partial charge in [-0.2, -0.15) is 0 Å². The number of aryl methyl sites for hydroxylation is 1. The highest BCUT2D eigenvalue weighted by molar-refractivity contribution is 5.79. The van der Waals surface area contributed by atoms with Crippen molar-refractivity contribution in [2.75, 3.05) is 7.11 Å². The summed E-state index contributed by atoms with van der Waals surface area (Å²) in [6.45, 7) is 2.59. The van der Waals surface area contributed by atoms with Gasteiger partial charge in [0.2, 0.25) is 5.91 Å². The Hall–Kier alpha value is -2.29. The van der Waals surface area contributed by atoms with Crippen LogP contribution < -0.4 is 10.1 Å². The maximum atomic E-state index is 12.0. The number of nitrogens with one attached hydrogen (secondary N) is 1. The molecule has 0 saturated carbocycles. The topological polar surface area (TPSA) is 38.3 Å². The zero-order valence-corrected chi connectivity index (χ0v) is 11.8. The van der Waals surface area contributed by atoms with Crippen LogP contribution in [0.1, 0.15) is 16.7 Å². The summed E-state index contributed by atoms with van der Waals surface area (Å²) in [5, 5.41) is 2.93. The van der Waals surface area contributed by atoms with Gasteiger partial charge in [0.05, 0.1) is 13.5 Å². The van der Waals surface area contributed by atoms with Gasteiger partial charge in [-0.15, -0.1) is 0 Å². The smallest absolute Gasteiger partial charge is 0.224 e. The molecule has 0 aliphatic carbocycles. The van der Waals surface area contributed by atoms with Gasteiger partial charge in [-0.05, 0) is 18.6 Å². The van der Waals surface area contributed by atoms with Gasteiger partial charge in [0.15, 0.2) is 0 Å². The highest BCUT2D eigenvalue weighted by Gasteiger charge is 2.07. The lowest BCUT2D eigenvalue weighted by atomic mass is 10.1. The highest BCUT2D eigenvalue weighted by Crippen LogP contribution is 2.17. The van der Waals surface area contributed by atoms with Crippen molar-refractivity contribution in [1.29, 1.82) is 0 Å². The first-order chi connectivity index (χ1) is 9.69. The van der Waals surface area contributed by atoms with Gasteiger partial charge in [0.25, 0.3) is 0 Å². The second-order valence-corrected chi connectivity index (χ2v) is 4.75. The maximum Gasteiger partial charge on any atom is 0.224 e. The molecule has 3 heteroatoms. The van der Waals surface area contributed by atoms with Crippen LogP contribution in [-0.2, 0) is 17.8 Å². The fraction of sp³-hybridized carbons (Fsp3) is 0.235. The zero-order valence-electron chi connectivity index (χ0n) is 11.8. The Bertz CT molecular complexity index is 593. The summed E-state index contributed by atoms with van der Waals surface area (Å²) in [6.07, 6.45) is 0.329. The van der Waals surface area contributed by atoms with E-state index in [0.29, 0.717) is 13.0 Å². The fourth-order valence-corrected chi connectivity index (χ4v) is 2.11. The van der Waals surface area contributed by atoms with E-state index in [2.05, 4.69) is 11.4 Å². The lowest BCUT2D eigenvalue weighted by Crippen LogP contribution is -2.24. The number of carbonyl (C=O) groups is 1. The Balaban J connectivity index is 1.93. The van der Waals surface area contributed by atoms with Crippen molar-refractivity contribution in [1.82, 2.24) is 5.32 Å². The van der Waals surface area contributed by atoms with Crippen molar-refractivity contribution in [3.8, 4) is 5.75 Å². The number of hydrogen-bond donors (Lipinski definition) is 1. The molecule has 0 aromatic heterocycles. The summed E-state index contributed by atoms with van der Waals surface area (Å²) in [6, 6.07) is 15.7. The van der Waals surface area contributed by atoms with E-state index in [1.165, 1.54) is 5.56 Å². The first-order valence-electron chi connectivity index (χ1n) is 6.63. The number of carbonyl (C=O) groups excluding carboxylic acids is 1. The second-order valence-electron chi connectivity index (χ2n) is 4.75. The number of amides is 1. The average molecular weight is 269 g/mol. The molecule has 0 aliphatic heterocycles. The van der Waals surface area contributed by atoms with Crippen molar-refractivity contribution in [2.45, 2.75) is 19.9 Å². The summed E-state index contributed by atoms with van der Waals surface area (Å²) in [4.78, 5) is 12.0. The number of hydrogen-bond acceptors (Lipinski definition) is 2. The van der Waals surface area contributed by atoms with Crippen LogP contribution in [0.25, 0.3) is 0 Å². The van der Waals surface area contributed by atoms with Gasteiger partial charge in [0, 0.05) is 12.1 Å². The maximum absolute atomic E-state index is 12.0. The van der Waals surface area contributed by atoms with Crippen molar-refractivity contribution < 1.29 is 9.53 Å². The zero-order chi connectivity index (χ0) is 14.4. The van der Waals surface area contributed by atoms with Gasteiger partial charge in [-0.25, -0.2) is 0 Å². The van der Waals surface area contributed by atoms with Crippen molar-refractivity contribution in [3.05, 3.63) is 65.2 Å². The third kappa shape index (κ3) is 3.85. The Morgan fingerprint density at radius 1 is 1.15 bits per heavy atom. The second kappa shape index (κ2) is 6.75. The summed E-state index contributed by atoms with van der Waals surface area (Å²) in [7, 11) is 1.61. The lowest BCUT2D eigenvalue weighted by molar-refractivity contribution is -0.120. The van der Waals surface area contributed by atoms with Gasteiger partial charge in [0.1, 0.15) is 5.75 Å². The van der Waals surface area contributed by atoms with Crippen LogP contribution in [-0.4, -0.2) is 13.0 Å². The SMILES string of the molecule is COc1ccccc1CC(=O)NCc1cccc(C)c1. The van der Waals surface area contributed by atoms with E-state index in [0.717, 1.165) is 16.9 Å². The molecule has 0 fully saturated rings. The molecule has 0 heterocycles. The molecule has 0 radical (unpaired) electrons. The molecule has 2 aromatic rings. The third-order valence-electron chi connectivity index (χ3n) is 3.12. The molecule has 0 aliphatic rings. The predicted molar refractivity (Wildman–Crippen MR) is 79.7 cm³/mol. The van der Waals surface area contributed by atoms with E-state index < -0.39 is 0 Å². The Morgan fingerprint density at radius 2 is 1.95 bits per heavy atom. The van der Waals surface area contributed by atoms with E-state index in [-0.39, 0.29) is 5.91 Å². The minimum atomic E-state index is -0.00370. The first-order valence-corrected chi connectivity index (χ1v) is 6.63. The molecule has 3 nitrogen and oxygen atoms in total. The average Bonchev–Trinajstić information content (AvgIpc) is 2.46. The van der Waals surface area contributed by atoms with Gasteiger partial charge < -0.3 is 10.1 Å². The van der Waals surface area contributed by atoms with Crippen LogP contribution in [0.5, 0.6) is 5.75 Å². The van der Waals surface area contributed by atoms with Crippen LogP contribution >= 0.6 is 0 Å². The van der Waals surface area contributed by atoms with Crippen molar-refractivity contribution in [3.63, 3.8) is 0 Å². The molecule has 1 N–H and O–H groups in total. The molecule has 0 spiro atoms. The minimum absolute atomic E-state index is 0.00370. The van der Waals surface area contributed by atoms with Crippen LogP contribution in [0.3, 0.4) is 0 Å². The largest absolute Gasteiger partial charge is 0.496 e. The number of methoxy groups -OCH3 is 1. The van der Waals surface area contributed by atoms with E-state index in [1.807, 2.05) is 49.4 Å². The summed E-state index contributed by atoms with van der Waals surface area (Å²) in [5.41, 5.74) is 3.21. The summed E-state index contributed by atoms with van der Waals surface area (Å²) < 4.78 is 5.24. The fourth-order valence-electron chi connectivity index (χ4n) is 2.11. The molecular formula is C17H19NO2. The standard InChI is InChI=1S/C17H19NO2/c1-13-6-5-7-14(10-13)12-18-17(19)11-15-8-3-4-9-16(15)20-2/h3-10H,11-12H2,1-2H3,(H,18,19). The number of ether oxygens (including phenoxy) is 1. The monoisotopic (exact) mass is 269 g/mol. The van der Waals surface area contributed by atoms with E-state index in [9.17, 15) is 4.79 Å². The summed E-state index contributed by atoms with van der Waals surface area (Å²) >= 11 is 0. The van der Waals surface area contributed by atoms with Crippen LogP contribution in [0.4, 0.5) is 0 Å². The van der Waals surface area contributed by atoms with Crippen LogP contribution in [0, 0.1) is 6.92 Å². The Kier molecular flexibility index (Phi) is 4.77. The molecule has 0 atom stereocenters. The van der Waals surface area contributed by atoms with Gasteiger partial charge >= 0.3 is 0 Å². The molecular weight excluding hydrogens is 250 g/mol.